The molecule has 1 heterocycles. The van der Waals surface area contributed by atoms with E-state index in [1.807, 2.05) is 24.4 Å². The van der Waals surface area contributed by atoms with Gasteiger partial charge in [-0.15, -0.1) is 0 Å². The van der Waals surface area contributed by atoms with Gasteiger partial charge in [0.05, 0.1) is 12.3 Å². The Balaban J connectivity index is 2.16. The predicted octanol–water partition coefficient (Wildman–Crippen LogP) is 4.51. The van der Waals surface area contributed by atoms with Crippen LogP contribution in [0, 0.1) is 0 Å². The van der Waals surface area contributed by atoms with Gasteiger partial charge in [0.25, 0.3) is 0 Å². The van der Waals surface area contributed by atoms with E-state index in [2.05, 4.69) is 60.7 Å². The average Bonchev–Trinajstić information content (AvgIpc) is 2.67. The zero-order chi connectivity index (χ0) is 17.5. The van der Waals surface area contributed by atoms with Gasteiger partial charge in [-0.25, -0.2) is 9.37 Å². The summed E-state index contributed by atoms with van der Waals surface area (Å²) in [5, 5.41) is 2.62. The van der Waals surface area contributed by atoms with Crippen LogP contribution >= 0.6 is 7.26 Å². The molecule has 3 aromatic rings. The number of rotatable bonds is 7. The summed E-state index contributed by atoms with van der Waals surface area (Å²) in [7, 11) is -1.89. The quantitative estimate of drug-likeness (QED) is 0.571. The molecule has 128 valence electrons. The molecule has 0 aliphatic carbocycles. The Kier molecular flexibility index (Phi) is 5.94. The fraction of sp³-hybridized carbons (Fsp3) is 0.227. The van der Waals surface area contributed by atoms with Gasteiger partial charge >= 0.3 is 0 Å². The van der Waals surface area contributed by atoms with Crippen molar-refractivity contribution in [2.24, 2.45) is 0 Å². The molecule has 0 amide bonds. The molecule has 0 fully saturated rings. The summed E-state index contributed by atoms with van der Waals surface area (Å²) in [6, 6.07) is 27.4. The summed E-state index contributed by atoms with van der Waals surface area (Å²) >= 11 is 0. The van der Waals surface area contributed by atoms with E-state index in [1.54, 1.807) is 6.92 Å². The van der Waals surface area contributed by atoms with Crippen LogP contribution in [-0.4, -0.2) is 17.3 Å². The van der Waals surface area contributed by atoms with Crippen LogP contribution in [0.2, 0.25) is 0 Å². The molecule has 2 aromatic carbocycles. The van der Waals surface area contributed by atoms with Crippen molar-refractivity contribution in [1.29, 1.82) is 0 Å². The maximum absolute atomic E-state index is 13.5. The number of hydrogen-bond acceptors (Lipinski definition) is 1. The van der Waals surface area contributed by atoms with Crippen LogP contribution in [0.15, 0.2) is 85.1 Å². The van der Waals surface area contributed by atoms with Crippen molar-refractivity contribution in [3.63, 3.8) is 0 Å². The molecule has 0 bridgehead atoms. The summed E-state index contributed by atoms with van der Waals surface area (Å²) in [4.78, 5) is 4.76. The van der Waals surface area contributed by atoms with Crippen molar-refractivity contribution in [1.82, 2.24) is 4.98 Å². The molecule has 0 N–H and O–H groups in total. The summed E-state index contributed by atoms with van der Waals surface area (Å²) in [6.45, 7) is 1.64. The topological polar surface area (TPSA) is 12.9 Å². The van der Waals surface area contributed by atoms with Gasteiger partial charge in [-0.3, -0.25) is 0 Å². The van der Waals surface area contributed by atoms with Gasteiger partial charge in [-0.2, -0.15) is 0 Å². The van der Waals surface area contributed by atoms with Gasteiger partial charge in [0, 0.05) is 12.3 Å². The highest BCUT2D eigenvalue weighted by Gasteiger charge is 2.46. The Morgan fingerprint density at radius 1 is 0.840 bits per heavy atom. The molecule has 1 atom stereocenters. The van der Waals surface area contributed by atoms with Gasteiger partial charge in [0.2, 0.25) is 0 Å². The average molecular weight is 351 g/mol. The van der Waals surface area contributed by atoms with Crippen molar-refractivity contribution in [3.05, 3.63) is 85.1 Å². The molecule has 3 rings (SSSR count). The van der Waals surface area contributed by atoms with Crippen LogP contribution in [0.3, 0.4) is 0 Å². The Morgan fingerprint density at radius 2 is 1.40 bits per heavy atom. The lowest BCUT2D eigenvalue weighted by Crippen LogP contribution is -2.35. The number of aromatic nitrogens is 1. The molecule has 1 unspecified atom stereocenters. The normalized spacial score (nSPS) is 12.7. The minimum atomic E-state index is -1.89. The second-order valence-electron chi connectivity index (χ2n) is 6.32. The van der Waals surface area contributed by atoms with Crippen molar-refractivity contribution in [3.8, 4) is 0 Å². The van der Waals surface area contributed by atoms with E-state index in [-0.39, 0.29) is 0 Å². The van der Waals surface area contributed by atoms with Gasteiger partial charge in [0.15, 0.2) is 5.44 Å². The Labute approximate surface area is 150 Å². The summed E-state index contributed by atoms with van der Waals surface area (Å²) in [5.74, 6) is 0. The number of hydrogen-bond donors (Lipinski definition) is 0. The van der Waals surface area contributed by atoms with Crippen LogP contribution in [0.25, 0.3) is 0 Å². The van der Waals surface area contributed by atoms with E-state index in [1.165, 1.54) is 10.6 Å². The van der Waals surface area contributed by atoms with Crippen LogP contribution in [0.5, 0.6) is 0 Å². The standard InChI is InChI=1S/C22H24FNP/c1-19(23)11-10-18-25(20-12-4-2-5-13-20,21-14-6-3-7-15-21)22-16-8-9-17-24-22/h2-9,12-17,19H,10-11,18H2,1H3/q+1/i23-1. The summed E-state index contributed by atoms with van der Waals surface area (Å²) in [6.07, 6.45) is 3.48. The number of halogens is 1. The van der Waals surface area contributed by atoms with E-state index >= 15 is 0 Å². The molecule has 0 aliphatic rings. The van der Waals surface area contributed by atoms with Crippen LogP contribution in [0.1, 0.15) is 19.8 Å². The van der Waals surface area contributed by atoms with E-state index in [4.69, 9.17) is 4.98 Å². The van der Waals surface area contributed by atoms with Crippen molar-refractivity contribution < 1.29 is 4.39 Å². The molecule has 0 saturated carbocycles. The molecule has 0 radical (unpaired) electrons. The highest BCUT2D eigenvalue weighted by Crippen LogP contribution is 2.55. The minimum Gasteiger partial charge on any atom is -0.248 e. The van der Waals surface area contributed by atoms with E-state index in [9.17, 15) is 4.39 Å². The fourth-order valence-electron chi connectivity index (χ4n) is 3.34. The lowest BCUT2D eigenvalue weighted by Gasteiger charge is -2.26. The smallest absolute Gasteiger partial charge is 0.192 e. The molecular weight excluding hydrogens is 327 g/mol. The Hall–Kier alpha value is -2.05. The van der Waals surface area contributed by atoms with Gasteiger partial charge in [0.1, 0.15) is 17.9 Å². The fourth-order valence-corrected chi connectivity index (χ4v) is 7.54. The third kappa shape index (κ3) is 3.96. The zero-order valence-corrected chi connectivity index (χ0v) is 15.4. The summed E-state index contributed by atoms with van der Waals surface area (Å²) in [5.41, 5.74) is 1.12. The van der Waals surface area contributed by atoms with Gasteiger partial charge < -0.3 is 0 Å². The lowest BCUT2D eigenvalue weighted by molar-refractivity contribution is 0.339. The lowest BCUT2D eigenvalue weighted by atomic mass is 10.2. The van der Waals surface area contributed by atoms with Crippen molar-refractivity contribution >= 4 is 23.3 Å². The second-order valence-corrected chi connectivity index (χ2v) is 9.87. The molecule has 0 aliphatic heterocycles. The second kappa shape index (κ2) is 8.36. The molecule has 1 nitrogen and oxygen atoms in total. The summed E-state index contributed by atoms with van der Waals surface area (Å²) < 4.78 is 13.5. The maximum atomic E-state index is 13.5. The number of alkyl halides is 1. The first-order valence-corrected chi connectivity index (χ1v) is 10.8. The zero-order valence-electron chi connectivity index (χ0n) is 14.6. The van der Waals surface area contributed by atoms with Crippen molar-refractivity contribution in [2.45, 2.75) is 25.9 Å². The number of nitrogens with zero attached hydrogens (tertiary/aromatic N) is 1. The van der Waals surface area contributed by atoms with Crippen LogP contribution in [-0.2, 0) is 0 Å². The first-order valence-electron chi connectivity index (χ1n) is 8.78. The molecule has 0 spiro atoms. The number of pyridine rings is 1. The van der Waals surface area contributed by atoms with Crippen LogP contribution in [0.4, 0.5) is 4.39 Å². The first-order chi connectivity index (χ1) is 12.2. The highest BCUT2D eigenvalue weighted by molar-refractivity contribution is 7.95. The number of benzene rings is 2. The molecule has 25 heavy (non-hydrogen) atoms. The molecular formula is C22H24FNP+. The van der Waals surface area contributed by atoms with Gasteiger partial charge in [-0.05, 0) is 50.1 Å². The monoisotopic (exact) mass is 351 g/mol. The van der Waals surface area contributed by atoms with E-state index < -0.39 is 13.4 Å². The predicted molar refractivity (Wildman–Crippen MR) is 108 cm³/mol. The minimum absolute atomic E-state index is 0.592. The highest BCUT2D eigenvalue weighted by atomic mass is 31.2. The van der Waals surface area contributed by atoms with Gasteiger partial charge in [-0.1, -0.05) is 42.5 Å². The molecule has 0 saturated heterocycles. The largest absolute Gasteiger partial charge is 0.248 e. The molecule has 1 aromatic heterocycles. The third-order valence-electron chi connectivity index (χ3n) is 4.53. The van der Waals surface area contributed by atoms with Crippen molar-refractivity contribution in [2.75, 3.05) is 6.16 Å². The molecule has 3 heteroatoms. The SMILES string of the molecule is CC([18F])CCC[P+](c1ccccc1)(c1ccccc1)c1ccccn1. The Morgan fingerprint density at radius 3 is 1.88 bits per heavy atom. The third-order valence-corrected chi connectivity index (χ3v) is 8.92. The maximum Gasteiger partial charge on any atom is 0.192 e. The van der Waals surface area contributed by atoms with E-state index in [0.29, 0.717) is 6.42 Å². The first kappa shape index (κ1) is 17.8. The Bertz CT molecular complexity index is 663. The van der Waals surface area contributed by atoms with Crippen LogP contribution < -0.4 is 16.0 Å². The van der Waals surface area contributed by atoms with E-state index in [0.717, 1.165) is 18.0 Å².